The summed E-state index contributed by atoms with van der Waals surface area (Å²) < 4.78 is 83.2. The fraction of sp³-hybridized carbons (Fsp3) is 0.520. The van der Waals surface area contributed by atoms with Crippen LogP contribution in [0.15, 0.2) is 30.3 Å². The molecule has 1 amide bonds. The maximum Gasteiger partial charge on any atom is 0.433 e. The number of nitrogens with zero attached hydrogens (tertiary/aromatic N) is 2. The van der Waals surface area contributed by atoms with E-state index < -0.39 is 40.4 Å². The quantitative estimate of drug-likeness (QED) is 0.343. The minimum Gasteiger partial charge on any atom is -0.474 e. The van der Waals surface area contributed by atoms with Gasteiger partial charge in [-0.1, -0.05) is 19.4 Å². The summed E-state index contributed by atoms with van der Waals surface area (Å²) in [5.41, 5.74) is -0.622. The minimum atomic E-state index is -4.64. The van der Waals surface area contributed by atoms with Crippen molar-refractivity contribution in [3.63, 3.8) is 0 Å². The van der Waals surface area contributed by atoms with Crippen molar-refractivity contribution in [2.24, 2.45) is 5.92 Å². The number of ether oxygens (including phenoxy) is 1. The lowest BCUT2D eigenvalue weighted by Crippen LogP contribution is -2.29. The average Bonchev–Trinajstić information content (AvgIpc) is 2.86. The Morgan fingerprint density at radius 3 is 2.43 bits per heavy atom. The summed E-state index contributed by atoms with van der Waals surface area (Å²) in [6.07, 6.45) is -0.548. The van der Waals surface area contributed by atoms with Gasteiger partial charge in [-0.15, -0.1) is 0 Å². The van der Waals surface area contributed by atoms with Gasteiger partial charge in [0.1, 0.15) is 17.6 Å². The van der Waals surface area contributed by atoms with Gasteiger partial charge in [-0.05, 0) is 68.4 Å². The molecule has 1 N–H and O–H groups in total. The third-order valence-corrected chi connectivity index (χ3v) is 7.50. The van der Waals surface area contributed by atoms with E-state index in [4.69, 9.17) is 4.74 Å². The van der Waals surface area contributed by atoms with Crippen molar-refractivity contribution in [2.75, 3.05) is 11.4 Å². The van der Waals surface area contributed by atoms with Crippen molar-refractivity contribution in [3.8, 4) is 5.88 Å². The lowest BCUT2D eigenvalue weighted by molar-refractivity contribution is -0.141. The molecular formula is C25H31F4N3O4S. The predicted octanol–water partition coefficient (Wildman–Crippen LogP) is 4.97. The maximum absolute atomic E-state index is 14.4. The maximum atomic E-state index is 14.4. The number of carbonyl (C=O) groups is 1. The highest BCUT2D eigenvalue weighted by atomic mass is 32.2. The Morgan fingerprint density at radius 2 is 1.86 bits per heavy atom. The van der Waals surface area contributed by atoms with Crippen molar-refractivity contribution in [1.82, 2.24) is 10.3 Å². The van der Waals surface area contributed by atoms with E-state index in [0.717, 1.165) is 48.5 Å². The zero-order valence-corrected chi connectivity index (χ0v) is 21.7. The summed E-state index contributed by atoms with van der Waals surface area (Å²) in [4.78, 5) is 16.5. The highest BCUT2D eigenvalue weighted by Gasteiger charge is 2.34. The van der Waals surface area contributed by atoms with Crippen LogP contribution in [0.4, 0.5) is 23.2 Å². The van der Waals surface area contributed by atoms with E-state index in [2.05, 4.69) is 17.2 Å². The molecular weight excluding hydrogens is 514 g/mol. The number of amides is 1. The molecule has 1 saturated carbocycles. The Balaban J connectivity index is 1.73. The molecule has 37 heavy (non-hydrogen) atoms. The average molecular weight is 546 g/mol. The van der Waals surface area contributed by atoms with E-state index >= 15 is 0 Å². The van der Waals surface area contributed by atoms with Crippen molar-refractivity contribution < 1.29 is 35.5 Å². The van der Waals surface area contributed by atoms with E-state index in [1.807, 2.05) is 0 Å². The van der Waals surface area contributed by atoms with Gasteiger partial charge in [0.2, 0.25) is 22.7 Å². The SMILES string of the molecule is CCC1CCC(Oc2nc(C(F)(F)F)ccc2CNC(=O)C(C)c2ccc(N(C)[SH](=O)=O)c(F)c2)CC1. The van der Waals surface area contributed by atoms with Crippen LogP contribution in [0.25, 0.3) is 0 Å². The summed E-state index contributed by atoms with van der Waals surface area (Å²) in [7, 11) is -1.82. The van der Waals surface area contributed by atoms with E-state index in [1.54, 1.807) is 0 Å². The molecule has 1 heterocycles. The second-order valence-corrected chi connectivity index (χ2v) is 10.3. The molecule has 204 valence electrons. The number of nitrogens with one attached hydrogen (secondary N) is 1. The van der Waals surface area contributed by atoms with Gasteiger partial charge in [-0.25, -0.2) is 17.8 Å². The normalized spacial score (nSPS) is 18.9. The van der Waals surface area contributed by atoms with Crippen LogP contribution in [0.5, 0.6) is 5.88 Å². The lowest BCUT2D eigenvalue weighted by Gasteiger charge is -2.28. The molecule has 0 aliphatic heterocycles. The largest absolute Gasteiger partial charge is 0.474 e. The van der Waals surface area contributed by atoms with Crippen LogP contribution in [0.1, 0.15) is 68.7 Å². The van der Waals surface area contributed by atoms with Crippen molar-refractivity contribution in [1.29, 1.82) is 0 Å². The third kappa shape index (κ3) is 7.33. The van der Waals surface area contributed by atoms with E-state index in [9.17, 15) is 30.8 Å². The molecule has 2 aromatic rings. The number of thiol groups is 1. The molecule has 1 aromatic carbocycles. The Morgan fingerprint density at radius 1 is 1.19 bits per heavy atom. The number of alkyl halides is 3. The smallest absolute Gasteiger partial charge is 0.433 e. The Bertz CT molecular complexity index is 1170. The van der Waals surface area contributed by atoms with Crippen LogP contribution in [-0.4, -0.2) is 32.5 Å². The molecule has 12 heteroatoms. The number of hydrogen-bond donors (Lipinski definition) is 2. The first-order chi connectivity index (χ1) is 17.4. The number of aromatic nitrogens is 1. The molecule has 1 aliphatic carbocycles. The summed E-state index contributed by atoms with van der Waals surface area (Å²) in [6.45, 7) is 3.52. The van der Waals surface area contributed by atoms with Gasteiger partial charge in [0.05, 0.1) is 11.6 Å². The highest BCUT2D eigenvalue weighted by Crippen LogP contribution is 2.33. The molecule has 0 bridgehead atoms. The number of benzene rings is 1. The lowest BCUT2D eigenvalue weighted by atomic mass is 9.86. The number of rotatable bonds is 9. The number of halogens is 4. The minimum absolute atomic E-state index is 0.131. The van der Waals surface area contributed by atoms with Crippen LogP contribution in [0, 0.1) is 11.7 Å². The zero-order valence-electron chi connectivity index (χ0n) is 20.8. The van der Waals surface area contributed by atoms with Gasteiger partial charge >= 0.3 is 6.18 Å². The van der Waals surface area contributed by atoms with Crippen LogP contribution < -0.4 is 14.4 Å². The first-order valence-corrected chi connectivity index (χ1v) is 13.2. The van der Waals surface area contributed by atoms with Crippen LogP contribution in [0.2, 0.25) is 0 Å². The summed E-state index contributed by atoms with van der Waals surface area (Å²) in [5.74, 6) is -1.69. The van der Waals surface area contributed by atoms with Gasteiger partial charge in [-0.3, -0.25) is 9.10 Å². The van der Waals surface area contributed by atoms with Crippen LogP contribution in [0.3, 0.4) is 0 Å². The zero-order chi connectivity index (χ0) is 27.3. The molecule has 1 fully saturated rings. The number of carbonyl (C=O) groups excluding carboxylic acids is 1. The van der Waals surface area contributed by atoms with Crippen molar-refractivity contribution >= 4 is 22.5 Å². The summed E-state index contributed by atoms with van der Waals surface area (Å²) in [6, 6.07) is 5.87. The number of pyridine rings is 1. The molecule has 3 rings (SSSR count). The van der Waals surface area contributed by atoms with Gasteiger partial charge in [-0.2, -0.15) is 13.2 Å². The van der Waals surface area contributed by atoms with Gasteiger partial charge in [0.15, 0.2) is 0 Å². The first kappa shape index (κ1) is 28.7. The molecule has 1 unspecified atom stereocenters. The summed E-state index contributed by atoms with van der Waals surface area (Å²) in [5, 5.41) is 2.65. The highest BCUT2D eigenvalue weighted by molar-refractivity contribution is 7.74. The Kier molecular flexibility index (Phi) is 9.38. The van der Waals surface area contributed by atoms with Crippen molar-refractivity contribution in [2.45, 2.75) is 70.7 Å². The molecule has 0 saturated heterocycles. The molecule has 1 aromatic heterocycles. The van der Waals surface area contributed by atoms with Crippen LogP contribution >= 0.6 is 0 Å². The number of hydrogen-bond acceptors (Lipinski definition) is 5. The predicted molar refractivity (Wildman–Crippen MR) is 131 cm³/mol. The second-order valence-electron chi connectivity index (χ2n) is 9.24. The van der Waals surface area contributed by atoms with Gasteiger partial charge < -0.3 is 10.1 Å². The van der Waals surface area contributed by atoms with Gasteiger partial charge in [0, 0.05) is 19.2 Å². The molecule has 1 aliphatic rings. The van der Waals surface area contributed by atoms with E-state index in [1.165, 1.54) is 32.2 Å². The second kappa shape index (κ2) is 12.1. The fourth-order valence-electron chi connectivity index (χ4n) is 4.31. The monoisotopic (exact) mass is 545 g/mol. The molecule has 0 spiro atoms. The molecule has 7 nitrogen and oxygen atoms in total. The fourth-order valence-corrected chi connectivity index (χ4v) is 4.65. The topological polar surface area (TPSA) is 88.6 Å². The van der Waals surface area contributed by atoms with Crippen LogP contribution in [-0.2, 0) is 28.4 Å². The molecule has 1 atom stereocenters. The number of anilines is 1. The standard InChI is InChI=1S/C25H31F4N3O4S/c1-4-16-5-9-19(10-6-16)36-24-18(8-12-22(31-24)25(27,28)29)14-30-23(33)15(2)17-7-11-21(20(26)13-17)32(3)37(34)35/h7-8,11-13,15-16,19,37H,4-6,9-10,14H2,1-3H3,(H,30,33). The van der Waals surface area contributed by atoms with E-state index in [0.29, 0.717) is 17.0 Å². The van der Waals surface area contributed by atoms with Gasteiger partial charge in [0.25, 0.3) is 0 Å². The van der Waals surface area contributed by atoms with E-state index in [-0.39, 0.29) is 24.2 Å². The molecule has 0 radical (unpaired) electrons. The third-order valence-electron chi connectivity index (χ3n) is 6.79. The summed E-state index contributed by atoms with van der Waals surface area (Å²) >= 11 is 0. The van der Waals surface area contributed by atoms with Crippen molar-refractivity contribution in [3.05, 3.63) is 53.0 Å². The Hall–Kier alpha value is -2.89. The Labute approximate surface area is 215 Å². The first-order valence-electron chi connectivity index (χ1n) is 12.1.